The molecule has 0 radical (unpaired) electrons. The van der Waals surface area contributed by atoms with Crippen LogP contribution >= 0.6 is 11.6 Å². The van der Waals surface area contributed by atoms with Gasteiger partial charge in [-0.25, -0.2) is 9.97 Å². The van der Waals surface area contributed by atoms with Crippen LogP contribution in [0.3, 0.4) is 0 Å². The van der Waals surface area contributed by atoms with E-state index in [4.69, 9.17) is 11.6 Å². The lowest BCUT2D eigenvalue weighted by Crippen LogP contribution is -2.23. The number of nitrogens with one attached hydrogen (secondary N) is 2. The van der Waals surface area contributed by atoms with Crippen LogP contribution in [0.4, 0.5) is 11.6 Å². The van der Waals surface area contributed by atoms with Gasteiger partial charge in [0.05, 0.1) is 27.0 Å². The van der Waals surface area contributed by atoms with Crippen LogP contribution in [0.25, 0.3) is 27.5 Å². The molecule has 152 valence electrons. The molecule has 0 saturated heterocycles. The Morgan fingerprint density at radius 1 is 1.00 bits per heavy atom. The molecule has 5 rings (SSSR count). The number of rotatable bonds is 3. The van der Waals surface area contributed by atoms with Gasteiger partial charge in [-0.1, -0.05) is 41.9 Å². The lowest BCUT2D eigenvalue weighted by molar-refractivity contribution is 1.01. The van der Waals surface area contributed by atoms with E-state index in [2.05, 4.69) is 32.4 Å². The number of fused-ring (bicyclic) bond motifs is 2. The molecule has 0 saturated carbocycles. The summed E-state index contributed by atoms with van der Waals surface area (Å²) in [4.78, 5) is 24.9. The van der Waals surface area contributed by atoms with Crippen LogP contribution in [0.1, 0.15) is 11.1 Å². The Labute approximate surface area is 186 Å². The topological polar surface area (TPSA) is 123 Å². The molecule has 0 amide bonds. The summed E-state index contributed by atoms with van der Waals surface area (Å²) in [6.45, 7) is 0. The average Bonchev–Trinajstić information content (AvgIpc) is 3.24. The van der Waals surface area contributed by atoms with E-state index in [-0.39, 0.29) is 27.6 Å². The van der Waals surface area contributed by atoms with Crippen molar-refractivity contribution in [3.63, 3.8) is 0 Å². The molecule has 3 aromatic heterocycles. The standard InChI is InChI=1S/C23H12ClN7O/c24-17-8-4-7-15-16(10-26)22(31(23(32)19(15)17)14-5-2-1-3-6-14)30-21-18-13(9-25)11-27-20(18)28-12-29-21/h1-8,11-12H,(H2,27,28,29,30). The zero-order valence-corrected chi connectivity index (χ0v) is 17.1. The first kappa shape index (κ1) is 19.3. The van der Waals surface area contributed by atoms with Crippen molar-refractivity contribution in [1.82, 2.24) is 19.5 Å². The van der Waals surface area contributed by atoms with E-state index in [0.29, 0.717) is 27.7 Å². The SMILES string of the molecule is N#Cc1c(Nc2ncnc3[nH]cc(C#N)c23)n(-c2ccccc2)c(=O)c2c(Cl)cccc12. The second-order valence-corrected chi connectivity index (χ2v) is 7.27. The number of hydrogen-bond donors (Lipinski definition) is 2. The highest BCUT2D eigenvalue weighted by atomic mass is 35.5. The highest BCUT2D eigenvalue weighted by Crippen LogP contribution is 2.33. The summed E-state index contributed by atoms with van der Waals surface area (Å²) in [5, 5.41) is 24.1. The summed E-state index contributed by atoms with van der Waals surface area (Å²) < 4.78 is 1.39. The van der Waals surface area contributed by atoms with Crippen molar-refractivity contribution in [2.75, 3.05) is 5.32 Å². The van der Waals surface area contributed by atoms with E-state index in [9.17, 15) is 15.3 Å². The molecule has 2 aromatic carbocycles. The van der Waals surface area contributed by atoms with Crippen LogP contribution < -0.4 is 10.9 Å². The number of para-hydroxylation sites is 1. The molecule has 0 unspecified atom stereocenters. The number of pyridine rings is 1. The first-order chi connectivity index (χ1) is 15.6. The van der Waals surface area contributed by atoms with Gasteiger partial charge in [0.1, 0.15) is 41.3 Å². The molecule has 2 N–H and O–H groups in total. The Bertz CT molecular complexity index is 1660. The molecule has 8 nitrogen and oxygen atoms in total. The van der Waals surface area contributed by atoms with Crippen molar-refractivity contribution in [1.29, 1.82) is 10.5 Å². The largest absolute Gasteiger partial charge is 0.345 e. The summed E-state index contributed by atoms with van der Waals surface area (Å²) in [6, 6.07) is 18.2. The zero-order valence-electron chi connectivity index (χ0n) is 16.3. The van der Waals surface area contributed by atoms with Crippen molar-refractivity contribution in [2.24, 2.45) is 0 Å². The van der Waals surface area contributed by atoms with Crippen molar-refractivity contribution < 1.29 is 0 Å². The second kappa shape index (κ2) is 7.55. The van der Waals surface area contributed by atoms with E-state index >= 15 is 0 Å². The number of halogens is 1. The molecular formula is C23H12ClN7O. The minimum absolute atomic E-state index is 0.212. The average molecular weight is 438 g/mol. The van der Waals surface area contributed by atoms with E-state index in [1.165, 1.54) is 17.1 Å². The molecular weight excluding hydrogens is 426 g/mol. The quantitative estimate of drug-likeness (QED) is 0.431. The molecule has 0 aliphatic rings. The van der Waals surface area contributed by atoms with Gasteiger partial charge >= 0.3 is 0 Å². The Morgan fingerprint density at radius 2 is 1.81 bits per heavy atom. The van der Waals surface area contributed by atoms with E-state index in [0.717, 1.165) is 0 Å². The minimum atomic E-state index is -0.391. The van der Waals surface area contributed by atoms with Crippen LogP contribution in [0.15, 0.2) is 65.8 Å². The van der Waals surface area contributed by atoms with Crippen molar-refractivity contribution in [3.05, 3.63) is 87.6 Å². The maximum Gasteiger partial charge on any atom is 0.266 e. The van der Waals surface area contributed by atoms with Gasteiger partial charge in [-0.3, -0.25) is 9.36 Å². The van der Waals surface area contributed by atoms with Crippen molar-refractivity contribution in [2.45, 2.75) is 0 Å². The molecule has 0 aliphatic carbocycles. The highest BCUT2D eigenvalue weighted by molar-refractivity contribution is 6.35. The van der Waals surface area contributed by atoms with Gasteiger partial charge in [-0.15, -0.1) is 0 Å². The number of aromatic nitrogens is 4. The third-order valence-electron chi connectivity index (χ3n) is 5.11. The molecule has 0 atom stereocenters. The number of H-pyrrole nitrogens is 1. The van der Waals surface area contributed by atoms with Crippen molar-refractivity contribution >= 4 is 45.0 Å². The molecule has 0 bridgehead atoms. The lowest BCUT2D eigenvalue weighted by Gasteiger charge is -2.18. The monoisotopic (exact) mass is 437 g/mol. The van der Waals surface area contributed by atoms with E-state index < -0.39 is 5.56 Å². The molecule has 0 spiro atoms. The molecule has 32 heavy (non-hydrogen) atoms. The minimum Gasteiger partial charge on any atom is -0.345 e. The van der Waals surface area contributed by atoms with Gasteiger partial charge in [-0.05, 0) is 18.2 Å². The van der Waals surface area contributed by atoms with Crippen molar-refractivity contribution in [3.8, 4) is 17.8 Å². The molecule has 5 aromatic rings. The second-order valence-electron chi connectivity index (χ2n) is 6.86. The van der Waals surface area contributed by atoms with Gasteiger partial charge in [0, 0.05) is 11.6 Å². The fraction of sp³-hybridized carbons (Fsp3) is 0. The summed E-state index contributed by atoms with van der Waals surface area (Å²) in [7, 11) is 0. The summed E-state index contributed by atoms with van der Waals surface area (Å²) in [5.74, 6) is 0.498. The number of aromatic amines is 1. The fourth-order valence-electron chi connectivity index (χ4n) is 3.72. The Hall–Kier alpha value is -4.66. The number of nitriles is 2. The number of nitrogens with zero attached hydrogens (tertiary/aromatic N) is 5. The van der Waals surface area contributed by atoms with Crippen LogP contribution in [-0.4, -0.2) is 19.5 Å². The van der Waals surface area contributed by atoms with Gasteiger partial charge < -0.3 is 10.3 Å². The van der Waals surface area contributed by atoms with E-state index in [1.807, 2.05) is 6.07 Å². The Balaban J connectivity index is 1.90. The summed E-state index contributed by atoms with van der Waals surface area (Å²) in [6.07, 6.45) is 2.86. The normalized spacial score (nSPS) is 10.7. The van der Waals surface area contributed by atoms with Crippen LogP contribution in [-0.2, 0) is 0 Å². The van der Waals surface area contributed by atoms with Gasteiger partial charge in [-0.2, -0.15) is 10.5 Å². The smallest absolute Gasteiger partial charge is 0.266 e. The lowest BCUT2D eigenvalue weighted by atomic mass is 10.1. The predicted molar refractivity (Wildman–Crippen MR) is 121 cm³/mol. The third kappa shape index (κ3) is 2.87. The zero-order chi connectivity index (χ0) is 22.2. The first-order valence-corrected chi connectivity index (χ1v) is 9.83. The fourth-order valence-corrected chi connectivity index (χ4v) is 3.97. The first-order valence-electron chi connectivity index (χ1n) is 9.46. The Kier molecular flexibility index (Phi) is 4.55. The number of anilines is 2. The third-order valence-corrected chi connectivity index (χ3v) is 5.43. The predicted octanol–water partition coefficient (Wildman–Crippen LogP) is 4.40. The maximum absolute atomic E-state index is 13.6. The van der Waals surface area contributed by atoms with Gasteiger partial charge in [0.2, 0.25) is 0 Å². The highest BCUT2D eigenvalue weighted by Gasteiger charge is 2.21. The summed E-state index contributed by atoms with van der Waals surface area (Å²) in [5.41, 5.74) is 1.15. The molecule has 0 fully saturated rings. The Morgan fingerprint density at radius 3 is 2.56 bits per heavy atom. The summed E-state index contributed by atoms with van der Waals surface area (Å²) >= 11 is 6.36. The molecule has 3 heterocycles. The van der Waals surface area contributed by atoms with Crippen LogP contribution in [0.2, 0.25) is 5.02 Å². The maximum atomic E-state index is 13.6. The van der Waals surface area contributed by atoms with Gasteiger partial charge in [0.15, 0.2) is 0 Å². The van der Waals surface area contributed by atoms with Crippen LogP contribution in [0.5, 0.6) is 0 Å². The van der Waals surface area contributed by atoms with Gasteiger partial charge in [0.25, 0.3) is 5.56 Å². The molecule has 9 heteroatoms. The number of benzene rings is 2. The molecule has 0 aliphatic heterocycles. The number of hydrogen-bond acceptors (Lipinski definition) is 6. The van der Waals surface area contributed by atoms with E-state index in [1.54, 1.807) is 42.5 Å². The van der Waals surface area contributed by atoms with Crippen LogP contribution in [0, 0.1) is 22.7 Å².